The van der Waals surface area contributed by atoms with Crippen molar-refractivity contribution in [2.45, 2.75) is 62.4 Å². The van der Waals surface area contributed by atoms with Crippen LogP contribution in [0.5, 0.6) is 0 Å². The highest BCUT2D eigenvalue weighted by Crippen LogP contribution is 2.31. The van der Waals surface area contributed by atoms with Crippen LogP contribution in [-0.4, -0.2) is 30.2 Å². The molecule has 1 saturated carbocycles. The lowest BCUT2D eigenvalue weighted by atomic mass is 9.99. The van der Waals surface area contributed by atoms with Gasteiger partial charge in [0.2, 0.25) is 5.78 Å². The molecule has 7 heteroatoms. The van der Waals surface area contributed by atoms with Crippen molar-refractivity contribution in [3.8, 4) is 0 Å². The maximum absolute atomic E-state index is 12.9. The predicted molar refractivity (Wildman–Crippen MR) is 103 cm³/mol. The number of benzene rings is 1. The number of ketones is 1. The molecule has 1 aliphatic carbocycles. The van der Waals surface area contributed by atoms with E-state index in [2.05, 4.69) is 17.1 Å². The standard InChI is InChI=1S/C19H22N4O2S/c1-2-3-12-22-17(25)13-8-4-5-9-14(13)23-18(22)20-21-19(23)26-16-11-7-6-10-15(16)24/h4-5,8-9,16H,2-3,6-7,10-12H2,1H3/t16-/m0/s1. The Morgan fingerprint density at radius 2 is 2.04 bits per heavy atom. The van der Waals surface area contributed by atoms with Crippen molar-refractivity contribution in [3.05, 3.63) is 34.6 Å². The van der Waals surface area contributed by atoms with E-state index in [0.717, 1.165) is 37.6 Å². The largest absolute Gasteiger partial charge is 0.298 e. The van der Waals surface area contributed by atoms with Gasteiger partial charge in [-0.25, -0.2) is 0 Å². The van der Waals surface area contributed by atoms with E-state index >= 15 is 0 Å². The summed E-state index contributed by atoms with van der Waals surface area (Å²) < 4.78 is 3.66. The predicted octanol–water partition coefficient (Wildman–Crippen LogP) is 3.45. The average molecular weight is 370 g/mol. The molecule has 0 amide bonds. The number of thioether (sulfide) groups is 1. The number of hydrogen-bond donors (Lipinski definition) is 0. The lowest BCUT2D eigenvalue weighted by Crippen LogP contribution is -2.24. The van der Waals surface area contributed by atoms with E-state index < -0.39 is 0 Å². The summed E-state index contributed by atoms with van der Waals surface area (Å²) in [6, 6.07) is 7.56. The first kappa shape index (κ1) is 17.3. The Hall–Kier alpha value is -2.15. The second kappa shape index (κ2) is 7.23. The van der Waals surface area contributed by atoms with E-state index in [1.54, 1.807) is 4.57 Å². The Morgan fingerprint density at radius 1 is 1.19 bits per heavy atom. The van der Waals surface area contributed by atoms with Gasteiger partial charge < -0.3 is 0 Å². The number of fused-ring (bicyclic) bond motifs is 3. The van der Waals surface area contributed by atoms with Crippen LogP contribution in [0.1, 0.15) is 45.4 Å². The molecule has 4 rings (SSSR count). The molecule has 0 bridgehead atoms. The van der Waals surface area contributed by atoms with E-state index in [0.29, 0.717) is 35.1 Å². The SMILES string of the molecule is CCCCn1c(=O)c2ccccc2n2c(S[C@H]3CCCCC3=O)nnc12. The molecule has 0 N–H and O–H groups in total. The average Bonchev–Trinajstić information content (AvgIpc) is 3.07. The zero-order valence-corrected chi connectivity index (χ0v) is 15.7. The summed E-state index contributed by atoms with van der Waals surface area (Å²) in [6.07, 6.45) is 5.49. The molecule has 0 saturated heterocycles. The number of unbranched alkanes of at least 4 members (excludes halogenated alkanes) is 1. The van der Waals surface area contributed by atoms with Crippen LogP contribution in [-0.2, 0) is 11.3 Å². The number of Topliss-reactive ketones (excluding diaryl/α,β-unsaturated/α-hetero) is 1. The summed E-state index contributed by atoms with van der Waals surface area (Å²) in [5, 5.41) is 9.96. The number of hydrogen-bond acceptors (Lipinski definition) is 5. The summed E-state index contributed by atoms with van der Waals surface area (Å²) >= 11 is 1.49. The van der Waals surface area contributed by atoms with Gasteiger partial charge in [-0.1, -0.05) is 43.7 Å². The normalized spacial score (nSPS) is 18.0. The van der Waals surface area contributed by atoms with Gasteiger partial charge in [0.05, 0.1) is 16.2 Å². The second-order valence-corrected chi connectivity index (χ2v) is 7.93. The highest BCUT2D eigenvalue weighted by atomic mass is 32.2. The molecule has 26 heavy (non-hydrogen) atoms. The van der Waals surface area contributed by atoms with Crippen LogP contribution in [0.15, 0.2) is 34.2 Å². The van der Waals surface area contributed by atoms with Crippen molar-refractivity contribution >= 4 is 34.2 Å². The molecule has 0 spiro atoms. The molecule has 1 aromatic carbocycles. The smallest absolute Gasteiger partial charge is 0.262 e. The number of carbonyl (C=O) groups is 1. The van der Waals surface area contributed by atoms with Gasteiger partial charge in [0.25, 0.3) is 5.56 Å². The van der Waals surface area contributed by atoms with Gasteiger partial charge in [-0.15, -0.1) is 10.2 Å². The van der Waals surface area contributed by atoms with E-state index in [1.165, 1.54) is 11.8 Å². The lowest BCUT2D eigenvalue weighted by Gasteiger charge is -2.19. The van der Waals surface area contributed by atoms with Crippen molar-refractivity contribution in [1.82, 2.24) is 19.2 Å². The fraction of sp³-hybridized carbons (Fsp3) is 0.474. The number of aromatic nitrogens is 4. The molecule has 136 valence electrons. The van der Waals surface area contributed by atoms with Gasteiger partial charge in [0.1, 0.15) is 5.78 Å². The number of para-hydroxylation sites is 1. The van der Waals surface area contributed by atoms with Crippen molar-refractivity contribution in [1.29, 1.82) is 0 Å². The van der Waals surface area contributed by atoms with E-state index in [1.807, 2.05) is 28.7 Å². The third-order valence-corrected chi connectivity index (χ3v) is 6.22. The second-order valence-electron chi connectivity index (χ2n) is 6.76. The monoisotopic (exact) mass is 370 g/mol. The van der Waals surface area contributed by atoms with Gasteiger partial charge in [-0.05, 0) is 31.4 Å². The minimum absolute atomic E-state index is 0.0285. The zero-order chi connectivity index (χ0) is 18.1. The number of aryl methyl sites for hydroxylation is 1. The maximum atomic E-state index is 12.9. The Bertz CT molecular complexity index is 1020. The van der Waals surface area contributed by atoms with Crippen LogP contribution in [0.25, 0.3) is 16.7 Å². The van der Waals surface area contributed by atoms with Crippen molar-refractivity contribution in [3.63, 3.8) is 0 Å². The summed E-state index contributed by atoms with van der Waals surface area (Å²) in [5.41, 5.74) is 0.773. The highest BCUT2D eigenvalue weighted by molar-refractivity contribution is 8.00. The van der Waals surface area contributed by atoms with Crippen LogP contribution in [0.3, 0.4) is 0 Å². The van der Waals surface area contributed by atoms with Crippen LogP contribution in [0.2, 0.25) is 0 Å². The van der Waals surface area contributed by atoms with Crippen LogP contribution < -0.4 is 5.56 Å². The topological polar surface area (TPSA) is 69.3 Å². The highest BCUT2D eigenvalue weighted by Gasteiger charge is 2.26. The van der Waals surface area contributed by atoms with Crippen LogP contribution in [0, 0.1) is 0 Å². The molecule has 0 aliphatic heterocycles. The number of rotatable bonds is 5. The third kappa shape index (κ3) is 2.94. The van der Waals surface area contributed by atoms with Crippen LogP contribution >= 0.6 is 11.8 Å². The molecule has 0 unspecified atom stereocenters. The first-order valence-electron chi connectivity index (χ1n) is 9.26. The quantitative estimate of drug-likeness (QED) is 0.688. The molecule has 2 aromatic heterocycles. The van der Waals surface area contributed by atoms with Crippen molar-refractivity contribution in [2.75, 3.05) is 0 Å². The molecule has 1 atom stereocenters. The van der Waals surface area contributed by atoms with E-state index in [-0.39, 0.29) is 10.8 Å². The van der Waals surface area contributed by atoms with Gasteiger partial charge in [-0.3, -0.25) is 18.6 Å². The molecule has 2 heterocycles. The molecular formula is C19H22N4O2S. The van der Waals surface area contributed by atoms with Gasteiger partial charge in [0.15, 0.2) is 5.16 Å². The fourth-order valence-corrected chi connectivity index (χ4v) is 4.69. The van der Waals surface area contributed by atoms with E-state index in [4.69, 9.17) is 0 Å². The Labute approximate surface area is 155 Å². The molecular weight excluding hydrogens is 348 g/mol. The van der Waals surface area contributed by atoms with Crippen molar-refractivity contribution < 1.29 is 4.79 Å². The van der Waals surface area contributed by atoms with Gasteiger partial charge in [-0.2, -0.15) is 0 Å². The minimum Gasteiger partial charge on any atom is -0.298 e. The molecule has 3 aromatic rings. The third-order valence-electron chi connectivity index (χ3n) is 4.96. The first-order chi connectivity index (χ1) is 12.7. The summed E-state index contributed by atoms with van der Waals surface area (Å²) in [4.78, 5) is 25.2. The van der Waals surface area contributed by atoms with Crippen molar-refractivity contribution in [2.24, 2.45) is 0 Å². The molecule has 1 fully saturated rings. The summed E-state index contributed by atoms with van der Waals surface area (Å²) in [7, 11) is 0. The van der Waals surface area contributed by atoms with E-state index in [9.17, 15) is 9.59 Å². The van der Waals surface area contributed by atoms with Crippen LogP contribution in [0.4, 0.5) is 0 Å². The Morgan fingerprint density at radius 3 is 2.85 bits per heavy atom. The maximum Gasteiger partial charge on any atom is 0.262 e. The Kier molecular flexibility index (Phi) is 4.80. The van der Waals surface area contributed by atoms with Gasteiger partial charge in [0, 0.05) is 13.0 Å². The number of nitrogens with zero attached hydrogens (tertiary/aromatic N) is 4. The first-order valence-corrected chi connectivity index (χ1v) is 10.1. The molecule has 6 nitrogen and oxygen atoms in total. The summed E-state index contributed by atoms with van der Waals surface area (Å²) in [5.74, 6) is 0.856. The minimum atomic E-state index is -0.0640. The molecule has 0 radical (unpaired) electrons. The number of carbonyl (C=O) groups excluding carboxylic acids is 1. The molecule has 1 aliphatic rings. The summed E-state index contributed by atoms with van der Waals surface area (Å²) in [6.45, 7) is 2.72. The fourth-order valence-electron chi connectivity index (χ4n) is 3.53. The van der Waals surface area contributed by atoms with Gasteiger partial charge >= 0.3 is 0 Å². The zero-order valence-electron chi connectivity index (χ0n) is 14.9. The Balaban J connectivity index is 1.88. The lowest BCUT2D eigenvalue weighted by molar-refractivity contribution is -0.119.